The van der Waals surface area contributed by atoms with E-state index in [4.69, 9.17) is 4.74 Å². The van der Waals surface area contributed by atoms with Gasteiger partial charge < -0.3 is 30.7 Å². The van der Waals surface area contributed by atoms with Gasteiger partial charge in [0.2, 0.25) is 17.7 Å². The fourth-order valence-electron chi connectivity index (χ4n) is 7.28. The molecule has 0 unspecified atom stereocenters. The molecule has 0 bridgehead atoms. The molecule has 0 spiro atoms. The Hall–Kier alpha value is -6.33. The summed E-state index contributed by atoms with van der Waals surface area (Å²) in [6.07, 6.45) is 5.16. The maximum atomic E-state index is 13.0. The molecule has 3 amide bonds. The van der Waals surface area contributed by atoms with Gasteiger partial charge in [-0.3, -0.25) is 19.2 Å². The van der Waals surface area contributed by atoms with Crippen molar-refractivity contribution < 1.29 is 45.9 Å². The molecule has 4 aromatic heterocycles. The van der Waals surface area contributed by atoms with Crippen LogP contribution < -0.4 is 16.0 Å². The van der Waals surface area contributed by atoms with E-state index in [1.807, 2.05) is 13.8 Å². The number of aliphatic hydroxyl groups excluding tert-OH is 1. The van der Waals surface area contributed by atoms with Gasteiger partial charge in [-0.1, -0.05) is 35.4 Å². The summed E-state index contributed by atoms with van der Waals surface area (Å²) < 4.78 is 59.2. The number of aryl methyl sites for hydroxylation is 2. The van der Waals surface area contributed by atoms with E-state index in [1.54, 1.807) is 42.5 Å². The highest BCUT2D eigenvalue weighted by molar-refractivity contribution is 7.90. The molecule has 0 saturated carbocycles. The van der Waals surface area contributed by atoms with Crippen molar-refractivity contribution in [2.45, 2.75) is 87.7 Å². The molecule has 2 saturated heterocycles. The number of nitrogens with one attached hydrogen (secondary N) is 3. The standard InChI is InChI=1S/C23H25N5O6S.C19H21N5O4S.ClH/c1-14-4-6-19(7-5-14)35(32,33)28-9-8-20-22(28)24-11-17(26-20)12-25-23(31)21-10-18(34-16(3)30)13-27(21)15(2)29;1-12-2-4-15(5-3-12)29(27,28)24-7-6-16-18(24)21-9-13(23-16)10-22-19(26)17-8-14(25)11-20-17;/h4-9,11,18,21H,10,12-13H2,1-3H3,(H,25,31);2-7,9,14,17,20,25H,8,10-11H2,1H3,(H,22,26);1H/t18-,21-;14-,17-;/m11./s1. The Morgan fingerprint density at radius 2 is 1.22 bits per heavy atom. The molecule has 2 aromatic carbocycles. The Bertz CT molecular complexity index is 2960. The second kappa shape index (κ2) is 19.8. The number of β-amino-alcohol motifs (C(OH)–C–C–N with tert-alkyl or cyclic N) is 1. The van der Waals surface area contributed by atoms with Crippen molar-refractivity contribution in [3.8, 4) is 0 Å². The molecule has 6 aromatic rings. The van der Waals surface area contributed by atoms with E-state index in [0.29, 0.717) is 35.4 Å². The molecule has 2 fully saturated rings. The molecule has 0 radical (unpaired) electrons. The summed E-state index contributed by atoms with van der Waals surface area (Å²) in [7, 11) is -7.63. The normalized spacial score (nSPS) is 18.4. The third-order valence-corrected chi connectivity index (χ3v) is 13.9. The molecular weight excluding hydrogens is 904 g/mol. The van der Waals surface area contributed by atoms with E-state index >= 15 is 0 Å². The SMILES string of the molecule is CC(=O)O[C@@H]1C[C@H](C(=O)NCc2cnc3c(ccn3S(=O)(=O)c3ccc(C)cc3)n2)N(C(C)=O)C1.Cc1ccc(S(=O)(=O)n2ccc3nc(CNC(=O)[C@H]4C[C@@H](O)CN4)cnc32)cc1.Cl. The second-order valence-electron chi connectivity index (χ2n) is 15.4. The number of carbonyl (C=O) groups is 4. The molecule has 344 valence electrons. The lowest BCUT2D eigenvalue weighted by Gasteiger charge is -2.21. The number of aliphatic hydroxyl groups is 1. The molecule has 4 atom stereocenters. The summed E-state index contributed by atoms with van der Waals surface area (Å²) >= 11 is 0. The second-order valence-corrected chi connectivity index (χ2v) is 19.1. The zero-order chi connectivity index (χ0) is 45.9. The van der Waals surface area contributed by atoms with Gasteiger partial charge >= 0.3 is 5.97 Å². The number of likely N-dealkylation sites (tertiary alicyclic amines) is 1. The predicted octanol–water partition coefficient (Wildman–Crippen LogP) is 1.88. The number of amides is 3. The Kier molecular flexibility index (Phi) is 14.7. The van der Waals surface area contributed by atoms with Gasteiger partial charge in [-0.15, -0.1) is 12.4 Å². The van der Waals surface area contributed by atoms with E-state index in [-0.39, 0.29) is 71.4 Å². The van der Waals surface area contributed by atoms with Crippen LogP contribution in [0.25, 0.3) is 22.3 Å². The first-order chi connectivity index (χ1) is 30.4. The number of fused-ring (bicyclic) bond motifs is 2. The number of hydrogen-bond donors (Lipinski definition) is 4. The molecule has 23 heteroatoms. The molecular formula is C42H47ClN10O10S2. The number of carbonyl (C=O) groups excluding carboxylic acids is 4. The van der Waals surface area contributed by atoms with Crippen LogP contribution in [0.2, 0.25) is 0 Å². The van der Waals surface area contributed by atoms with E-state index in [2.05, 4.69) is 35.9 Å². The number of ether oxygens (including phenoxy) is 1. The first kappa shape index (κ1) is 48.1. The van der Waals surface area contributed by atoms with Gasteiger partial charge in [0.1, 0.15) is 23.2 Å². The number of halogens is 1. The number of benzene rings is 2. The summed E-state index contributed by atoms with van der Waals surface area (Å²) in [4.78, 5) is 67.1. The number of nitrogens with zero attached hydrogens (tertiary/aromatic N) is 7. The summed E-state index contributed by atoms with van der Waals surface area (Å²) in [5, 5.41) is 17.9. The molecule has 2 aliphatic heterocycles. The monoisotopic (exact) mass is 950 g/mol. The lowest BCUT2D eigenvalue weighted by atomic mass is 10.2. The Labute approximate surface area is 380 Å². The lowest BCUT2D eigenvalue weighted by molar-refractivity contribution is -0.146. The zero-order valence-electron chi connectivity index (χ0n) is 35.6. The molecule has 65 heavy (non-hydrogen) atoms. The highest BCUT2D eigenvalue weighted by Crippen LogP contribution is 2.24. The van der Waals surface area contributed by atoms with Crippen molar-refractivity contribution in [3.05, 3.63) is 108 Å². The fourth-order valence-corrected chi connectivity index (χ4v) is 9.88. The first-order valence-electron chi connectivity index (χ1n) is 20.1. The van der Waals surface area contributed by atoms with Crippen LogP contribution in [-0.4, -0.2) is 116 Å². The number of hydrogen-bond acceptors (Lipinski definition) is 15. The minimum atomic E-state index is -3.85. The van der Waals surface area contributed by atoms with E-state index in [1.165, 1.54) is 61.7 Å². The van der Waals surface area contributed by atoms with Crippen molar-refractivity contribution in [1.82, 2.24) is 48.7 Å². The molecule has 2 aliphatic rings. The summed E-state index contributed by atoms with van der Waals surface area (Å²) in [6, 6.07) is 15.0. The van der Waals surface area contributed by atoms with Gasteiger partial charge in [0, 0.05) is 39.2 Å². The maximum Gasteiger partial charge on any atom is 0.302 e. The van der Waals surface area contributed by atoms with Gasteiger partial charge in [-0.2, -0.15) is 0 Å². The Balaban J connectivity index is 0.000000216. The number of rotatable bonds is 11. The van der Waals surface area contributed by atoms with Crippen molar-refractivity contribution in [1.29, 1.82) is 0 Å². The average Bonchev–Trinajstić information content (AvgIpc) is 4.08. The molecule has 0 aliphatic carbocycles. The van der Waals surface area contributed by atoms with Crippen molar-refractivity contribution in [2.24, 2.45) is 0 Å². The largest absolute Gasteiger partial charge is 0.461 e. The van der Waals surface area contributed by atoms with Crippen molar-refractivity contribution in [2.75, 3.05) is 13.1 Å². The summed E-state index contributed by atoms with van der Waals surface area (Å²) in [6.45, 7) is 7.12. The lowest BCUT2D eigenvalue weighted by Crippen LogP contribution is -2.45. The van der Waals surface area contributed by atoms with Crippen LogP contribution in [0.5, 0.6) is 0 Å². The van der Waals surface area contributed by atoms with E-state index in [0.717, 1.165) is 19.1 Å². The van der Waals surface area contributed by atoms with E-state index < -0.39 is 56.2 Å². The average molecular weight is 951 g/mol. The van der Waals surface area contributed by atoms with E-state index in [9.17, 15) is 41.1 Å². The Morgan fingerprint density at radius 1 is 0.738 bits per heavy atom. The molecule has 6 heterocycles. The number of esters is 1. The van der Waals surface area contributed by atoms with Crippen LogP contribution >= 0.6 is 12.4 Å². The summed E-state index contributed by atoms with van der Waals surface area (Å²) in [5.41, 5.74) is 4.00. The predicted molar refractivity (Wildman–Crippen MR) is 237 cm³/mol. The number of aromatic nitrogens is 6. The minimum absolute atomic E-state index is 0. The highest BCUT2D eigenvalue weighted by Gasteiger charge is 2.40. The van der Waals surface area contributed by atoms with Gasteiger partial charge in [-0.25, -0.2) is 44.7 Å². The van der Waals surface area contributed by atoms with Crippen LogP contribution in [-0.2, 0) is 57.1 Å². The topological polar surface area (TPSA) is 267 Å². The zero-order valence-corrected chi connectivity index (χ0v) is 38.1. The van der Waals surface area contributed by atoms with Gasteiger partial charge in [0.05, 0.1) is 65.4 Å². The van der Waals surface area contributed by atoms with Gasteiger partial charge in [-0.05, 0) is 56.7 Å². The van der Waals surface area contributed by atoms with Crippen LogP contribution in [0.4, 0.5) is 0 Å². The minimum Gasteiger partial charge on any atom is -0.461 e. The summed E-state index contributed by atoms with van der Waals surface area (Å²) in [5.74, 6) is -1.39. The van der Waals surface area contributed by atoms with Crippen LogP contribution in [0.3, 0.4) is 0 Å². The first-order valence-corrected chi connectivity index (χ1v) is 23.0. The molecule has 4 N–H and O–H groups in total. The Morgan fingerprint density at radius 3 is 1.65 bits per heavy atom. The van der Waals surface area contributed by atoms with Crippen LogP contribution in [0.1, 0.15) is 49.2 Å². The quantitative estimate of drug-likeness (QED) is 0.135. The van der Waals surface area contributed by atoms with Crippen molar-refractivity contribution in [3.63, 3.8) is 0 Å². The molecule has 20 nitrogen and oxygen atoms in total. The third kappa shape index (κ3) is 10.8. The maximum absolute atomic E-state index is 13.0. The van der Waals surface area contributed by atoms with Crippen molar-refractivity contribution >= 4 is 78.5 Å². The fraction of sp³-hybridized carbons (Fsp3) is 0.333. The smallest absolute Gasteiger partial charge is 0.302 e. The van der Waals surface area contributed by atoms with Gasteiger partial charge in [0.15, 0.2) is 11.3 Å². The van der Waals surface area contributed by atoms with Crippen LogP contribution in [0, 0.1) is 13.8 Å². The highest BCUT2D eigenvalue weighted by atomic mass is 35.5. The third-order valence-electron chi connectivity index (χ3n) is 10.6. The van der Waals surface area contributed by atoms with Crippen LogP contribution in [0.15, 0.2) is 95.2 Å². The molecule has 8 rings (SSSR count). The van der Waals surface area contributed by atoms with Gasteiger partial charge in [0.25, 0.3) is 20.0 Å².